The van der Waals surface area contributed by atoms with Crippen LogP contribution >= 0.6 is 11.3 Å². The fraction of sp³-hybridized carbons (Fsp3) is 0.389. The summed E-state index contributed by atoms with van der Waals surface area (Å²) in [5.41, 5.74) is 3.38. The smallest absolute Gasteiger partial charge is 0.246 e. The van der Waals surface area contributed by atoms with Crippen LogP contribution in [0, 0.1) is 12.8 Å². The maximum absolute atomic E-state index is 14.8. The number of nitrogens with one attached hydrogen (secondary N) is 1. The number of halogens is 1. The second kappa shape index (κ2) is 7.47. The van der Waals surface area contributed by atoms with E-state index in [1.807, 2.05) is 6.07 Å². The van der Waals surface area contributed by atoms with Crippen molar-refractivity contribution in [3.05, 3.63) is 35.6 Å². The largest absolute Gasteiger partial charge is 0.326 e. The first-order valence-electron chi connectivity index (χ1n) is 9.04. The van der Waals surface area contributed by atoms with Gasteiger partial charge in [0.25, 0.3) is 0 Å². The number of thiazole rings is 1. The Morgan fingerprint density at radius 3 is 2.86 bits per heavy atom. The van der Waals surface area contributed by atoms with Gasteiger partial charge in [-0.2, -0.15) is 9.40 Å². The standard InChI is InChI=1S/C18H20FN5O3S2/c1-11-17(9-23(2)22-11)29(26,27)24-6-5-13(14(19)8-24)18(25)21-12-3-4-16-15(7-12)20-10-28-16/h3-4,7,9-10,13-14H,5-6,8H2,1-2H3,(H,21,25). The Balaban J connectivity index is 1.45. The Hall–Kier alpha value is -2.37. The minimum Gasteiger partial charge on any atom is -0.326 e. The van der Waals surface area contributed by atoms with Crippen molar-refractivity contribution in [3.8, 4) is 0 Å². The number of fused-ring (bicyclic) bond motifs is 1. The van der Waals surface area contributed by atoms with Crippen LogP contribution in [-0.4, -0.2) is 52.7 Å². The van der Waals surface area contributed by atoms with E-state index in [2.05, 4.69) is 15.4 Å². The Kier molecular flexibility index (Phi) is 5.13. The number of carbonyl (C=O) groups excluding carboxylic acids is 1. The number of aromatic nitrogens is 3. The van der Waals surface area contributed by atoms with Crippen LogP contribution in [0.25, 0.3) is 10.2 Å². The van der Waals surface area contributed by atoms with Crippen LogP contribution in [0.5, 0.6) is 0 Å². The van der Waals surface area contributed by atoms with E-state index >= 15 is 0 Å². The van der Waals surface area contributed by atoms with E-state index in [0.717, 1.165) is 14.5 Å². The number of piperidine rings is 1. The summed E-state index contributed by atoms with van der Waals surface area (Å²) in [5, 5.41) is 6.77. The lowest BCUT2D eigenvalue weighted by Gasteiger charge is -2.33. The third-order valence-corrected chi connectivity index (χ3v) is 7.80. The maximum Gasteiger partial charge on any atom is 0.246 e. The summed E-state index contributed by atoms with van der Waals surface area (Å²) in [7, 11) is -2.23. The fourth-order valence-electron chi connectivity index (χ4n) is 3.53. The molecule has 1 saturated heterocycles. The number of nitrogens with zero attached hydrogens (tertiary/aromatic N) is 4. The number of hydrogen-bond donors (Lipinski definition) is 1. The van der Waals surface area contributed by atoms with Crippen LogP contribution in [-0.2, 0) is 21.9 Å². The van der Waals surface area contributed by atoms with Crippen molar-refractivity contribution in [3.63, 3.8) is 0 Å². The van der Waals surface area contributed by atoms with Crippen LogP contribution in [0.3, 0.4) is 0 Å². The number of benzene rings is 1. The summed E-state index contributed by atoms with van der Waals surface area (Å²) >= 11 is 1.49. The van der Waals surface area contributed by atoms with E-state index in [4.69, 9.17) is 0 Å². The lowest BCUT2D eigenvalue weighted by Crippen LogP contribution is -2.48. The summed E-state index contributed by atoms with van der Waals surface area (Å²) in [5.74, 6) is -1.37. The number of carbonyl (C=O) groups is 1. The molecule has 1 N–H and O–H groups in total. The molecule has 2 atom stereocenters. The summed E-state index contributed by atoms with van der Waals surface area (Å²) in [6, 6.07) is 5.33. The first-order valence-corrected chi connectivity index (χ1v) is 11.4. The highest BCUT2D eigenvalue weighted by atomic mass is 32.2. The van der Waals surface area contributed by atoms with E-state index < -0.39 is 28.0 Å². The summed E-state index contributed by atoms with van der Waals surface area (Å²) < 4.78 is 44.0. The normalized spacial score (nSPS) is 20.8. The molecule has 1 aliphatic rings. The van der Waals surface area contributed by atoms with Gasteiger partial charge in [-0.25, -0.2) is 17.8 Å². The van der Waals surface area contributed by atoms with E-state index in [1.54, 1.807) is 31.6 Å². The predicted molar refractivity (Wildman–Crippen MR) is 108 cm³/mol. The first kappa shape index (κ1) is 19.9. The van der Waals surface area contributed by atoms with Crippen molar-refractivity contribution in [2.24, 2.45) is 13.0 Å². The Morgan fingerprint density at radius 1 is 1.38 bits per heavy atom. The van der Waals surface area contributed by atoms with Gasteiger partial charge in [0.15, 0.2) is 0 Å². The molecule has 3 heterocycles. The molecular formula is C18H20FN5O3S2. The zero-order valence-electron chi connectivity index (χ0n) is 15.9. The van der Waals surface area contributed by atoms with Crippen molar-refractivity contribution < 1.29 is 17.6 Å². The second-order valence-electron chi connectivity index (χ2n) is 7.05. The van der Waals surface area contributed by atoms with Gasteiger partial charge in [-0.05, 0) is 31.5 Å². The molecule has 1 aromatic carbocycles. The molecule has 1 aliphatic heterocycles. The minimum atomic E-state index is -3.86. The number of amides is 1. The number of aryl methyl sites for hydroxylation is 2. The van der Waals surface area contributed by atoms with Crippen molar-refractivity contribution >= 4 is 43.2 Å². The van der Waals surface area contributed by atoms with Crippen molar-refractivity contribution in [1.82, 2.24) is 19.1 Å². The molecule has 154 valence electrons. The predicted octanol–water partition coefficient (Wildman–Crippen LogP) is 2.33. The average Bonchev–Trinajstić information content (AvgIpc) is 3.26. The minimum absolute atomic E-state index is 0.0617. The number of alkyl halides is 1. The summed E-state index contributed by atoms with van der Waals surface area (Å²) in [4.78, 5) is 16.8. The van der Waals surface area contributed by atoms with Gasteiger partial charge in [0.2, 0.25) is 15.9 Å². The molecule has 0 radical (unpaired) electrons. The molecule has 0 aliphatic carbocycles. The Bertz CT molecular complexity index is 1170. The molecule has 3 aromatic rings. The topological polar surface area (TPSA) is 97.2 Å². The van der Waals surface area contributed by atoms with Crippen LogP contribution in [0.2, 0.25) is 0 Å². The van der Waals surface area contributed by atoms with Gasteiger partial charge in [-0.1, -0.05) is 0 Å². The lowest BCUT2D eigenvalue weighted by atomic mass is 9.95. The second-order valence-corrected chi connectivity index (χ2v) is 9.84. The monoisotopic (exact) mass is 437 g/mol. The van der Waals surface area contributed by atoms with Crippen LogP contribution in [0.15, 0.2) is 34.8 Å². The molecule has 2 unspecified atom stereocenters. The molecule has 8 nitrogen and oxygen atoms in total. The zero-order chi connectivity index (χ0) is 20.8. The van der Waals surface area contributed by atoms with Crippen LogP contribution in [0.1, 0.15) is 12.1 Å². The molecular weight excluding hydrogens is 417 g/mol. The van der Waals surface area contributed by atoms with Gasteiger partial charge in [-0.15, -0.1) is 11.3 Å². The number of hydrogen-bond acceptors (Lipinski definition) is 6. The van der Waals surface area contributed by atoms with Gasteiger partial charge in [-0.3, -0.25) is 9.48 Å². The third-order valence-electron chi connectivity index (χ3n) is 5.03. The van der Waals surface area contributed by atoms with Gasteiger partial charge in [0, 0.05) is 32.0 Å². The van der Waals surface area contributed by atoms with Gasteiger partial charge in [0.1, 0.15) is 11.1 Å². The van der Waals surface area contributed by atoms with Gasteiger partial charge >= 0.3 is 0 Å². The van der Waals surface area contributed by atoms with Gasteiger partial charge in [0.05, 0.1) is 27.3 Å². The van der Waals surface area contributed by atoms with E-state index in [0.29, 0.717) is 11.4 Å². The molecule has 1 amide bonds. The van der Waals surface area contributed by atoms with Crippen molar-refractivity contribution in [2.75, 3.05) is 18.4 Å². The van der Waals surface area contributed by atoms with Crippen LogP contribution < -0.4 is 5.32 Å². The quantitative estimate of drug-likeness (QED) is 0.676. The Morgan fingerprint density at radius 2 is 2.17 bits per heavy atom. The average molecular weight is 438 g/mol. The van der Waals surface area contributed by atoms with Crippen molar-refractivity contribution in [1.29, 1.82) is 0 Å². The zero-order valence-corrected chi connectivity index (χ0v) is 17.5. The first-order chi connectivity index (χ1) is 13.8. The summed E-state index contributed by atoms with van der Waals surface area (Å²) in [6.07, 6.45) is -0.0889. The number of rotatable bonds is 4. The van der Waals surface area contributed by atoms with Crippen LogP contribution in [0.4, 0.5) is 10.1 Å². The molecule has 29 heavy (non-hydrogen) atoms. The highest BCUT2D eigenvalue weighted by Crippen LogP contribution is 2.28. The molecule has 1 fully saturated rings. The number of anilines is 1. The van der Waals surface area contributed by atoms with Crippen molar-refractivity contribution in [2.45, 2.75) is 24.4 Å². The SMILES string of the molecule is Cc1nn(C)cc1S(=O)(=O)N1CCC(C(=O)Nc2ccc3scnc3c2)C(F)C1. The fourth-order valence-corrected chi connectivity index (χ4v) is 5.85. The molecule has 11 heteroatoms. The highest BCUT2D eigenvalue weighted by Gasteiger charge is 2.40. The molecule has 4 rings (SSSR count). The molecule has 0 saturated carbocycles. The number of sulfonamides is 1. The maximum atomic E-state index is 14.8. The van der Waals surface area contributed by atoms with E-state index in [1.165, 1.54) is 22.2 Å². The molecule has 0 bridgehead atoms. The lowest BCUT2D eigenvalue weighted by molar-refractivity contribution is -0.123. The highest BCUT2D eigenvalue weighted by molar-refractivity contribution is 7.89. The molecule has 0 spiro atoms. The Labute approximate surface area is 171 Å². The molecule has 2 aromatic heterocycles. The summed E-state index contributed by atoms with van der Waals surface area (Å²) in [6.45, 7) is 1.30. The van der Waals surface area contributed by atoms with E-state index in [-0.39, 0.29) is 24.4 Å². The van der Waals surface area contributed by atoms with Gasteiger partial charge < -0.3 is 5.32 Å². The van der Waals surface area contributed by atoms with E-state index in [9.17, 15) is 17.6 Å². The third kappa shape index (κ3) is 3.77.